The molecule has 0 saturated carbocycles. The van der Waals surface area contributed by atoms with Crippen LogP contribution in [0.4, 0.5) is 5.82 Å². The van der Waals surface area contributed by atoms with E-state index in [-0.39, 0.29) is 5.28 Å². The second kappa shape index (κ2) is 4.75. The molecule has 90 valence electrons. The van der Waals surface area contributed by atoms with Crippen molar-refractivity contribution < 1.29 is 4.42 Å². The Bertz CT molecular complexity index is 504. The Kier molecular flexibility index (Phi) is 3.33. The van der Waals surface area contributed by atoms with Gasteiger partial charge in [-0.25, -0.2) is 9.97 Å². The van der Waals surface area contributed by atoms with Crippen molar-refractivity contribution in [3.63, 3.8) is 0 Å². The number of nitrogens with zero attached hydrogens (tertiary/aromatic N) is 3. The van der Waals surface area contributed by atoms with E-state index in [0.717, 1.165) is 29.4 Å². The second-order valence-corrected chi connectivity index (χ2v) is 4.33. The summed E-state index contributed by atoms with van der Waals surface area (Å²) >= 11 is 5.84. The Labute approximate surface area is 105 Å². The van der Waals surface area contributed by atoms with Crippen LogP contribution in [0.3, 0.4) is 0 Å². The molecule has 0 unspecified atom stereocenters. The fourth-order valence-electron chi connectivity index (χ4n) is 1.62. The number of rotatable bonds is 3. The van der Waals surface area contributed by atoms with Crippen molar-refractivity contribution in [1.29, 1.82) is 0 Å². The van der Waals surface area contributed by atoms with Gasteiger partial charge in [-0.05, 0) is 31.5 Å². The molecule has 2 rings (SSSR count). The highest BCUT2D eigenvalue weighted by Gasteiger charge is 2.09. The highest BCUT2D eigenvalue weighted by molar-refractivity contribution is 6.28. The summed E-state index contributed by atoms with van der Waals surface area (Å²) in [5.74, 6) is 1.73. The number of hydrogen-bond acceptors (Lipinski definition) is 4. The van der Waals surface area contributed by atoms with Gasteiger partial charge in [0.05, 0.1) is 6.26 Å². The van der Waals surface area contributed by atoms with Crippen LogP contribution < -0.4 is 4.90 Å². The van der Waals surface area contributed by atoms with Crippen LogP contribution in [0, 0.1) is 13.8 Å². The van der Waals surface area contributed by atoms with E-state index >= 15 is 0 Å². The third kappa shape index (κ3) is 2.77. The Morgan fingerprint density at radius 3 is 2.71 bits per heavy atom. The van der Waals surface area contributed by atoms with E-state index in [4.69, 9.17) is 16.0 Å². The molecule has 0 fully saturated rings. The van der Waals surface area contributed by atoms with Crippen molar-refractivity contribution >= 4 is 17.4 Å². The third-order valence-electron chi connectivity index (χ3n) is 2.58. The van der Waals surface area contributed by atoms with Crippen molar-refractivity contribution in [3.8, 4) is 0 Å². The molecule has 2 aromatic heterocycles. The topological polar surface area (TPSA) is 42.2 Å². The highest BCUT2D eigenvalue weighted by atomic mass is 35.5. The van der Waals surface area contributed by atoms with Crippen LogP contribution in [0.15, 0.2) is 22.8 Å². The summed E-state index contributed by atoms with van der Waals surface area (Å²) in [6.07, 6.45) is 1.69. The average Bonchev–Trinajstić information content (AvgIpc) is 2.63. The van der Waals surface area contributed by atoms with E-state index in [1.165, 1.54) is 0 Å². The Balaban J connectivity index is 2.20. The summed E-state index contributed by atoms with van der Waals surface area (Å²) in [7, 11) is 1.96. The lowest BCUT2D eigenvalue weighted by molar-refractivity contribution is 0.529. The molecule has 0 spiro atoms. The number of hydrogen-bond donors (Lipinski definition) is 0. The summed E-state index contributed by atoms with van der Waals surface area (Å²) < 4.78 is 5.26. The predicted octanol–water partition coefficient (Wildman–Crippen LogP) is 2.98. The first-order chi connectivity index (χ1) is 8.06. The maximum atomic E-state index is 5.84. The first kappa shape index (κ1) is 11.9. The maximum Gasteiger partial charge on any atom is 0.224 e. The van der Waals surface area contributed by atoms with Crippen LogP contribution in [-0.4, -0.2) is 17.0 Å². The molecule has 4 nitrogen and oxygen atoms in total. The fraction of sp³-hybridized carbons (Fsp3) is 0.333. The molecule has 5 heteroatoms. The van der Waals surface area contributed by atoms with Crippen LogP contribution >= 0.6 is 11.6 Å². The number of furan rings is 1. The van der Waals surface area contributed by atoms with Gasteiger partial charge in [0.15, 0.2) is 0 Å². The van der Waals surface area contributed by atoms with Crippen molar-refractivity contribution in [1.82, 2.24) is 9.97 Å². The number of aromatic nitrogens is 2. The lowest BCUT2D eigenvalue weighted by atomic mass is 10.2. The molecule has 0 N–H and O–H groups in total. The van der Waals surface area contributed by atoms with Gasteiger partial charge < -0.3 is 9.32 Å². The van der Waals surface area contributed by atoms with Crippen LogP contribution in [0.25, 0.3) is 0 Å². The first-order valence-corrected chi connectivity index (χ1v) is 5.69. The third-order valence-corrected chi connectivity index (χ3v) is 2.75. The maximum absolute atomic E-state index is 5.84. The zero-order valence-electron chi connectivity index (χ0n) is 10.1. The molecule has 0 aromatic carbocycles. The summed E-state index contributed by atoms with van der Waals surface area (Å²) in [5.41, 5.74) is 2.00. The van der Waals surface area contributed by atoms with Crippen LogP contribution in [0.1, 0.15) is 17.0 Å². The molecule has 2 heterocycles. The molecule has 0 aliphatic rings. The SMILES string of the molecule is Cc1cc(N(C)Cc2ccoc2C)nc(Cl)n1. The van der Waals surface area contributed by atoms with E-state index in [9.17, 15) is 0 Å². The monoisotopic (exact) mass is 251 g/mol. The molecule has 0 aliphatic heterocycles. The van der Waals surface area contributed by atoms with Crippen molar-refractivity contribution in [2.45, 2.75) is 20.4 Å². The van der Waals surface area contributed by atoms with Crippen molar-refractivity contribution in [2.75, 3.05) is 11.9 Å². The zero-order valence-corrected chi connectivity index (χ0v) is 10.8. The van der Waals surface area contributed by atoms with Gasteiger partial charge in [0.2, 0.25) is 5.28 Å². The smallest absolute Gasteiger partial charge is 0.224 e. The quantitative estimate of drug-likeness (QED) is 0.787. The molecule has 0 bridgehead atoms. The minimum atomic E-state index is 0.274. The van der Waals surface area contributed by atoms with Gasteiger partial charge in [0, 0.05) is 30.9 Å². The lowest BCUT2D eigenvalue weighted by Crippen LogP contribution is -2.18. The van der Waals surface area contributed by atoms with Gasteiger partial charge >= 0.3 is 0 Å². The van der Waals surface area contributed by atoms with Gasteiger partial charge in [-0.2, -0.15) is 0 Å². The number of halogens is 1. The number of aryl methyl sites for hydroxylation is 2. The van der Waals surface area contributed by atoms with Gasteiger partial charge in [0.25, 0.3) is 0 Å². The summed E-state index contributed by atoms with van der Waals surface area (Å²) in [6.45, 7) is 4.57. The van der Waals surface area contributed by atoms with E-state index in [2.05, 4.69) is 9.97 Å². The van der Waals surface area contributed by atoms with Crippen LogP contribution in [-0.2, 0) is 6.54 Å². The fourth-order valence-corrected chi connectivity index (χ4v) is 1.84. The molecule has 0 aliphatic carbocycles. The molecule has 0 radical (unpaired) electrons. The largest absolute Gasteiger partial charge is 0.469 e. The first-order valence-electron chi connectivity index (χ1n) is 5.31. The van der Waals surface area contributed by atoms with E-state index in [1.807, 2.05) is 37.9 Å². The molecular formula is C12H14ClN3O. The van der Waals surface area contributed by atoms with Crippen molar-refractivity contribution in [3.05, 3.63) is 40.7 Å². The lowest BCUT2D eigenvalue weighted by Gasteiger charge is -2.18. The summed E-state index contributed by atoms with van der Waals surface area (Å²) in [5, 5.41) is 0.274. The molecule has 0 saturated heterocycles. The average molecular weight is 252 g/mol. The minimum absolute atomic E-state index is 0.274. The van der Waals surface area contributed by atoms with E-state index < -0.39 is 0 Å². The Morgan fingerprint density at radius 1 is 1.35 bits per heavy atom. The van der Waals surface area contributed by atoms with Crippen LogP contribution in [0.2, 0.25) is 5.28 Å². The zero-order chi connectivity index (χ0) is 12.4. The Hall–Kier alpha value is -1.55. The van der Waals surface area contributed by atoms with Crippen molar-refractivity contribution in [2.24, 2.45) is 0 Å². The van der Waals surface area contributed by atoms with Crippen LogP contribution in [0.5, 0.6) is 0 Å². The molecular weight excluding hydrogens is 238 g/mol. The Morgan fingerprint density at radius 2 is 2.12 bits per heavy atom. The van der Waals surface area contributed by atoms with E-state index in [1.54, 1.807) is 6.26 Å². The van der Waals surface area contributed by atoms with E-state index in [0.29, 0.717) is 0 Å². The molecule has 17 heavy (non-hydrogen) atoms. The van der Waals surface area contributed by atoms with Gasteiger partial charge in [-0.3, -0.25) is 0 Å². The normalized spacial score (nSPS) is 10.6. The molecule has 0 atom stereocenters. The summed E-state index contributed by atoms with van der Waals surface area (Å²) in [4.78, 5) is 10.2. The van der Waals surface area contributed by atoms with Gasteiger partial charge in [-0.1, -0.05) is 0 Å². The van der Waals surface area contributed by atoms with Gasteiger partial charge in [0.1, 0.15) is 11.6 Å². The minimum Gasteiger partial charge on any atom is -0.469 e. The standard InChI is InChI=1S/C12H14ClN3O/c1-8-6-11(15-12(13)14-8)16(3)7-10-4-5-17-9(10)2/h4-6H,7H2,1-3H3. The molecule has 2 aromatic rings. The summed E-state index contributed by atoms with van der Waals surface area (Å²) in [6, 6.07) is 3.86. The number of anilines is 1. The highest BCUT2D eigenvalue weighted by Crippen LogP contribution is 2.18. The molecule has 0 amide bonds. The second-order valence-electron chi connectivity index (χ2n) is 3.99. The van der Waals surface area contributed by atoms with Gasteiger partial charge in [-0.15, -0.1) is 0 Å². The predicted molar refractivity (Wildman–Crippen MR) is 67.3 cm³/mol.